The van der Waals surface area contributed by atoms with Gasteiger partial charge in [0.2, 0.25) is 23.7 Å². The molecule has 27 heteroatoms. The van der Waals surface area contributed by atoms with E-state index in [0.29, 0.717) is 122 Å². The van der Waals surface area contributed by atoms with E-state index in [-0.39, 0.29) is 55.1 Å². The molecule has 9 aliphatic heterocycles. The van der Waals surface area contributed by atoms with Crippen LogP contribution in [0.1, 0.15) is 91.6 Å². The molecule has 9 aliphatic rings. The van der Waals surface area contributed by atoms with Gasteiger partial charge in [-0.3, -0.25) is 19.3 Å². The molecule has 0 saturated carbocycles. The van der Waals surface area contributed by atoms with Gasteiger partial charge < -0.3 is 68.7 Å². The van der Waals surface area contributed by atoms with Crippen LogP contribution >= 0.6 is 0 Å². The Labute approximate surface area is 728 Å². The fraction of sp³-hybridized carbons (Fsp3) is 0.443. The molecule has 12 heterocycles. The summed E-state index contributed by atoms with van der Waals surface area (Å²) in [6.07, 6.45) is 14.5. The van der Waals surface area contributed by atoms with E-state index >= 15 is 0 Å². The van der Waals surface area contributed by atoms with E-state index in [0.717, 1.165) is 137 Å². The standard InChI is InChI=1S/C33H39N7O2.C32H38N8O.C32H37N7O2/c1-2-31(41)40-20-19-39(23-26(40)13-15-34)32-28-14-18-38(30-12-8-10-25-9-4-5-11-27(25)30)24-29(28)35-33(36-32)42-22-21-37-16-6-3-7-17-37;1-3-30(41)40-19-18-39(21-25(40)13-15-33)31-27-14-17-38(29-12-6-9-23-8-4-5-11-26(23)29)22-28(27)35-32(36-31)34-20-24-10-7-16-37(24)2;1-3-30(40)39-18-17-38(20-25(39)11-14-33)31-27-13-16-37(29-10-6-8-24-7-4-5-9-26(24)29)21-28(27)34-32(35-31)41-22-23-12-15-36(2)19-23/h2,4-5,8-12,26H,1,3,6-7,13-14,16-24H2;3-6,8-9,11-12,24-25H,1,7,10,13-14,16-22H2,2H3,(H,34,35,36);3-10,23,25H,1,11-13,15-22H2,2H3/t26-;24-,25-;23-,25+/m001/s1. The third-order valence-electron chi connectivity index (χ3n) is 26.3. The van der Waals surface area contributed by atoms with E-state index in [1.54, 1.807) is 14.7 Å². The fourth-order valence-electron chi connectivity index (χ4n) is 19.7. The number of fused-ring (bicyclic) bond motifs is 6. The molecule has 27 nitrogen and oxygen atoms in total. The molecule has 0 aliphatic carbocycles. The second kappa shape index (κ2) is 39.8. The minimum Gasteiger partial charge on any atom is -0.463 e. The number of carbonyl (C=O) groups is 3. The highest BCUT2D eigenvalue weighted by atomic mass is 16.5. The largest absolute Gasteiger partial charge is 0.463 e. The summed E-state index contributed by atoms with van der Waals surface area (Å²) in [5, 5.41) is 39.5. The predicted molar refractivity (Wildman–Crippen MR) is 488 cm³/mol. The quantitative estimate of drug-likeness (QED) is 0.0618. The zero-order valence-electron chi connectivity index (χ0n) is 71.8. The molecule has 6 aromatic carbocycles. The molecule has 642 valence electrons. The number of nitrogens with zero attached hydrogens (tertiary/aromatic N) is 21. The minimum atomic E-state index is -0.223. The molecular formula is C97H114N22O5. The van der Waals surface area contributed by atoms with Crippen molar-refractivity contribution in [2.75, 3.05) is 186 Å². The lowest BCUT2D eigenvalue weighted by atomic mass is 10.0. The first-order chi connectivity index (χ1) is 60.7. The highest BCUT2D eigenvalue weighted by molar-refractivity contribution is 5.97. The number of benzene rings is 6. The van der Waals surface area contributed by atoms with E-state index in [4.69, 9.17) is 39.4 Å². The maximum Gasteiger partial charge on any atom is 0.318 e. The van der Waals surface area contributed by atoms with Crippen LogP contribution in [0.15, 0.2) is 165 Å². The Hall–Kier alpha value is -12.5. The van der Waals surface area contributed by atoms with Crippen LogP contribution in [0.4, 0.5) is 40.5 Å². The molecule has 0 radical (unpaired) electrons. The Bertz CT molecular complexity index is 5490. The van der Waals surface area contributed by atoms with E-state index in [9.17, 15) is 30.2 Å². The van der Waals surface area contributed by atoms with Crippen molar-refractivity contribution in [3.63, 3.8) is 0 Å². The number of nitrogens with one attached hydrogen (secondary N) is 1. The number of likely N-dealkylation sites (N-methyl/N-ethyl adjacent to an activating group) is 1. The maximum absolute atomic E-state index is 12.5. The van der Waals surface area contributed by atoms with Gasteiger partial charge in [-0.15, -0.1) is 0 Å². The number of hydrogen-bond acceptors (Lipinski definition) is 24. The molecule has 3 amide bonds. The summed E-state index contributed by atoms with van der Waals surface area (Å²) in [7, 11) is 4.32. The summed E-state index contributed by atoms with van der Waals surface area (Å²) in [5.41, 5.74) is 10.1. The normalized spacial score (nSPS) is 20.4. The van der Waals surface area contributed by atoms with Crippen LogP contribution in [-0.4, -0.2) is 253 Å². The lowest BCUT2D eigenvalue weighted by molar-refractivity contribution is -0.129. The van der Waals surface area contributed by atoms with Crippen molar-refractivity contribution in [2.45, 2.75) is 121 Å². The highest BCUT2D eigenvalue weighted by Gasteiger charge is 2.39. The highest BCUT2D eigenvalue weighted by Crippen LogP contribution is 2.40. The maximum atomic E-state index is 12.5. The summed E-state index contributed by atoms with van der Waals surface area (Å²) < 4.78 is 12.5. The van der Waals surface area contributed by atoms with Gasteiger partial charge in [-0.05, 0) is 144 Å². The van der Waals surface area contributed by atoms with Crippen LogP contribution in [0.2, 0.25) is 0 Å². The molecule has 0 unspecified atom stereocenters. The number of piperazine rings is 3. The second-order valence-corrected chi connectivity index (χ2v) is 34.0. The Morgan fingerprint density at radius 2 is 0.855 bits per heavy atom. The SMILES string of the molecule is C=CC(=O)N1CCN(c2nc(NC[C@@H]3CCCN3C)nc3c2CCN(c2cccc4ccccc24)C3)C[C@@H]1CC#N.C=CC(=O)N1CCN(c2nc(OCCN3CCCCC3)nc3c2CCN(c2cccc4ccccc24)C3)C[C@@H]1CC#N.C=CC(=O)N1CCN(c2nc(OC[C@@H]3CCN(C)C3)nc3c2CCN(c2cccc4ccccc24)C3)C[C@@H]1CC#N. The lowest BCUT2D eigenvalue weighted by Crippen LogP contribution is -2.55. The number of piperidine rings is 1. The Kier molecular flexibility index (Phi) is 27.3. The molecule has 9 aromatic rings. The van der Waals surface area contributed by atoms with Gasteiger partial charge in [0, 0.05) is 160 Å². The number of rotatable bonds is 22. The van der Waals surface area contributed by atoms with Crippen molar-refractivity contribution in [1.29, 1.82) is 15.8 Å². The van der Waals surface area contributed by atoms with Crippen LogP contribution in [-0.2, 0) is 53.3 Å². The van der Waals surface area contributed by atoms with Crippen molar-refractivity contribution in [3.8, 4) is 30.2 Å². The first kappa shape index (κ1) is 85.1. The van der Waals surface area contributed by atoms with Crippen LogP contribution in [0, 0.1) is 39.9 Å². The topological polar surface area (TPSA) is 269 Å². The van der Waals surface area contributed by atoms with Gasteiger partial charge in [0.25, 0.3) is 0 Å². The van der Waals surface area contributed by atoms with Gasteiger partial charge >= 0.3 is 12.0 Å². The Balaban J connectivity index is 0.000000137. The number of ether oxygens (including phenoxy) is 2. The van der Waals surface area contributed by atoms with Gasteiger partial charge in [0.15, 0.2) is 0 Å². The van der Waals surface area contributed by atoms with Gasteiger partial charge in [0.05, 0.1) is 98.9 Å². The molecule has 3 aromatic heterocycles. The van der Waals surface area contributed by atoms with Crippen molar-refractivity contribution < 1.29 is 23.9 Å². The summed E-state index contributed by atoms with van der Waals surface area (Å²) in [4.78, 5) is 94.0. The monoisotopic (exact) mass is 1670 g/mol. The number of anilines is 7. The van der Waals surface area contributed by atoms with Crippen LogP contribution < -0.4 is 44.2 Å². The zero-order valence-corrected chi connectivity index (χ0v) is 71.8. The third-order valence-corrected chi connectivity index (χ3v) is 26.3. The molecule has 18 rings (SSSR count). The van der Waals surface area contributed by atoms with Gasteiger partial charge in [-0.1, -0.05) is 135 Å². The number of aromatic nitrogens is 6. The summed E-state index contributed by atoms with van der Waals surface area (Å²) >= 11 is 0. The number of nitriles is 3. The number of hydrogen-bond donors (Lipinski definition) is 1. The molecule has 6 fully saturated rings. The smallest absolute Gasteiger partial charge is 0.318 e. The van der Waals surface area contributed by atoms with Crippen LogP contribution in [0.3, 0.4) is 0 Å². The summed E-state index contributed by atoms with van der Waals surface area (Å²) in [6, 6.07) is 52.4. The summed E-state index contributed by atoms with van der Waals surface area (Å²) in [5.74, 6) is 3.41. The average molecular weight is 1670 g/mol. The van der Waals surface area contributed by atoms with Crippen molar-refractivity contribution in [2.24, 2.45) is 5.92 Å². The molecule has 5 atom stereocenters. The Morgan fingerprint density at radius 1 is 0.435 bits per heavy atom. The zero-order chi connectivity index (χ0) is 85.6. The second-order valence-electron chi connectivity index (χ2n) is 34.0. The van der Waals surface area contributed by atoms with Crippen molar-refractivity contribution >= 4 is 90.5 Å². The molecule has 0 spiro atoms. The molecule has 0 bridgehead atoms. The van der Waals surface area contributed by atoms with Gasteiger partial charge in [0.1, 0.15) is 24.1 Å². The van der Waals surface area contributed by atoms with Crippen LogP contribution in [0.25, 0.3) is 32.3 Å². The van der Waals surface area contributed by atoms with E-state index < -0.39 is 0 Å². The third kappa shape index (κ3) is 19.3. The van der Waals surface area contributed by atoms with E-state index in [1.807, 2.05) is 0 Å². The summed E-state index contributed by atoms with van der Waals surface area (Å²) in [6.45, 7) is 29.0. The van der Waals surface area contributed by atoms with Gasteiger partial charge in [-0.2, -0.15) is 40.7 Å². The predicted octanol–water partition coefficient (Wildman–Crippen LogP) is 11.6. The fourth-order valence-corrected chi connectivity index (χ4v) is 19.7. The lowest BCUT2D eigenvalue weighted by Gasteiger charge is -2.42. The number of likely N-dealkylation sites (tertiary alicyclic amines) is 3. The van der Waals surface area contributed by atoms with Crippen LogP contribution in [0.5, 0.6) is 12.0 Å². The first-order valence-electron chi connectivity index (χ1n) is 44.4. The molecule has 6 saturated heterocycles. The van der Waals surface area contributed by atoms with E-state index in [1.165, 1.54) is 105 Å². The van der Waals surface area contributed by atoms with E-state index in [2.05, 4.69) is 229 Å². The molecular weight excluding hydrogens is 1550 g/mol. The number of carbonyl (C=O) groups excluding carboxylic acids is 3. The Morgan fingerprint density at radius 3 is 1.27 bits per heavy atom. The number of amides is 3. The minimum absolute atomic E-state index is 0.122. The molecule has 124 heavy (non-hydrogen) atoms. The van der Waals surface area contributed by atoms with Crippen molar-refractivity contribution in [1.82, 2.24) is 59.3 Å². The van der Waals surface area contributed by atoms with Crippen molar-refractivity contribution in [3.05, 3.63) is 199 Å². The molecule has 1 N–H and O–H groups in total. The van der Waals surface area contributed by atoms with Gasteiger partial charge in [-0.25, -0.2) is 4.98 Å². The first-order valence-corrected chi connectivity index (χ1v) is 44.4. The average Bonchev–Trinajstić information content (AvgIpc) is 0.821.